The van der Waals surface area contributed by atoms with Gasteiger partial charge in [0.25, 0.3) is 0 Å². The summed E-state index contributed by atoms with van der Waals surface area (Å²) in [4.78, 5) is 15.3. The number of thiazole rings is 1. The summed E-state index contributed by atoms with van der Waals surface area (Å²) in [6, 6.07) is -0.321. The molecule has 0 fully saturated rings. The van der Waals surface area contributed by atoms with Crippen molar-refractivity contribution in [1.82, 2.24) is 14.8 Å². The number of nitrogens with zero attached hydrogens (tertiary/aromatic N) is 3. The summed E-state index contributed by atoms with van der Waals surface area (Å²) >= 11 is 1.36. The maximum Gasteiger partial charge on any atom is 0.325 e. The highest BCUT2D eigenvalue weighted by Gasteiger charge is 2.04. The van der Waals surface area contributed by atoms with Gasteiger partial charge in [-0.15, -0.1) is 11.3 Å². The zero-order valence-electron chi connectivity index (χ0n) is 7.97. The molecule has 2 rings (SSSR count). The van der Waals surface area contributed by atoms with E-state index in [1.54, 1.807) is 35.7 Å². The minimum atomic E-state index is -0.321. The van der Waals surface area contributed by atoms with Crippen LogP contribution in [0.4, 0.5) is 15.6 Å². The minimum Gasteiger partial charge on any atom is -0.305 e. The molecule has 0 aliphatic rings. The molecule has 7 heteroatoms. The van der Waals surface area contributed by atoms with E-state index in [1.165, 1.54) is 11.3 Å². The Morgan fingerprint density at radius 1 is 1.53 bits per heavy atom. The Bertz CT molecular complexity index is 449. The van der Waals surface area contributed by atoms with Crippen molar-refractivity contribution < 1.29 is 4.79 Å². The molecule has 2 aromatic heterocycles. The van der Waals surface area contributed by atoms with Gasteiger partial charge in [-0.1, -0.05) is 0 Å². The molecule has 0 unspecified atom stereocenters. The van der Waals surface area contributed by atoms with Crippen molar-refractivity contribution >= 4 is 28.2 Å². The molecule has 0 aromatic carbocycles. The van der Waals surface area contributed by atoms with E-state index in [9.17, 15) is 4.79 Å². The average Bonchev–Trinajstić information content (AvgIpc) is 2.77. The molecule has 0 saturated carbocycles. The monoisotopic (exact) mass is 223 g/mol. The number of urea groups is 1. The molecule has 0 aliphatic heterocycles. The van der Waals surface area contributed by atoms with Gasteiger partial charge in [0.1, 0.15) is 0 Å². The number of rotatable bonds is 2. The molecule has 2 heterocycles. The first-order valence-corrected chi connectivity index (χ1v) is 5.08. The molecule has 2 N–H and O–H groups in total. The third-order valence-corrected chi connectivity index (χ3v) is 2.30. The van der Waals surface area contributed by atoms with Crippen LogP contribution in [0.2, 0.25) is 0 Å². The third kappa shape index (κ3) is 2.53. The number of hydrogen-bond donors (Lipinski definition) is 2. The van der Waals surface area contributed by atoms with Crippen LogP contribution in [0, 0.1) is 0 Å². The molecule has 0 atom stereocenters. The van der Waals surface area contributed by atoms with Gasteiger partial charge in [0.05, 0.1) is 11.9 Å². The van der Waals surface area contributed by atoms with E-state index in [0.29, 0.717) is 10.8 Å². The van der Waals surface area contributed by atoms with Crippen LogP contribution in [-0.2, 0) is 7.05 Å². The Hall–Kier alpha value is -1.89. The standard InChI is InChI=1S/C8H9N5OS/c1-13-5-6(4-10-13)11-7(14)12-8-9-2-3-15-8/h2-5H,1H3,(H2,9,11,12,14). The van der Waals surface area contributed by atoms with Gasteiger partial charge >= 0.3 is 6.03 Å². The van der Waals surface area contributed by atoms with E-state index in [4.69, 9.17) is 0 Å². The van der Waals surface area contributed by atoms with E-state index in [-0.39, 0.29) is 6.03 Å². The van der Waals surface area contributed by atoms with Gasteiger partial charge in [-0.2, -0.15) is 5.10 Å². The predicted molar refractivity (Wildman–Crippen MR) is 58.0 cm³/mol. The van der Waals surface area contributed by atoms with E-state index in [2.05, 4.69) is 20.7 Å². The van der Waals surface area contributed by atoms with Crippen LogP contribution in [0.5, 0.6) is 0 Å². The Morgan fingerprint density at radius 3 is 3.00 bits per heavy atom. The number of amides is 2. The van der Waals surface area contributed by atoms with Crippen molar-refractivity contribution in [3.8, 4) is 0 Å². The van der Waals surface area contributed by atoms with Crippen molar-refractivity contribution in [3.05, 3.63) is 24.0 Å². The first-order chi connectivity index (χ1) is 7.24. The molecule has 15 heavy (non-hydrogen) atoms. The second kappa shape index (κ2) is 4.09. The maximum absolute atomic E-state index is 11.4. The fourth-order valence-corrected chi connectivity index (χ4v) is 1.55. The highest BCUT2D eigenvalue weighted by Crippen LogP contribution is 2.11. The second-order valence-electron chi connectivity index (χ2n) is 2.82. The Labute approximate surface area is 89.9 Å². The van der Waals surface area contributed by atoms with Gasteiger partial charge in [-0.3, -0.25) is 10.00 Å². The molecule has 6 nitrogen and oxygen atoms in total. The highest BCUT2D eigenvalue weighted by molar-refractivity contribution is 7.13. The summed E-state index contributed by atoms with van der Waals surface area (Å²) in [6.45, 7) is 0. The smallest absolute Gasteiger partial charge is 0.305 e. The van der Waals surface area contributed by atoms with Gasteiger partial charge in [0.2, 0.25) is 0 Å². The van der Waals surface area contributed by atoms with Gasteiger partial charge < -0.3 is 5.32 Å². The number of carbonyl (C=O) groups excluding carboxylic acids is 1. The Kier molecular flexibility index (Phi) is 2.64. The molecule has 78 valence electrons. The summed E-state index contributed by atoms with van der Waals surface area (Å²) in [6.07, 6.45) is 4.91. The second-order valence-corrected chi connectivity index (χ2v) is 3.71. The number of aryl methyl sites for hydroxylation is 1. The van der Waals surface area contributed by atoms with Crippen molar-refractivity contribution in [2.24, 2.45) is 7.05 Å². The van der Waals surface area contributed by atoms with Crippen LogP contribution in [0.15, 0.2) is 24.0 Å². The van der Waals surface area contributed by atoms with Gasteiger partial charge in [0, 0.05) is 24.8 Å². The number of carbonyl (C=O) groups is 1. The van der Waals surface area contributed by atoms with Crippen LogP contribution in [0.1, 0.15) is 0 Å². The van der Waals surface area contributed by atoms with Crippen LogP contribution in [0.25, 0.3) is 0 Å². The molecular weight excluding hydrogens is 214 g/mol. The summed E-state index contributed by atoms with van der Waals surface area (Å²) < 4.78 is 1.61. The first kappa shape index (κ1) is 9.66. The summed E-state index contributed by atoms with van der Waals surface area (Å²) in [5.74, 6) is 0. The quantitative estimate of drug-likeness (QED) is 0.810. The highest BCUT2D eigenvalue weighted by atomic mass is 32.1. The molecular formula is C8H9N5OS. The number of anilines is 2. The average molecular weight is 223 g/mol. The van der Waals surface area contributed by atoms with Crippen LogP contribution in [-0.4, -0.2) is 20.8 Å². The van der Waals surface area contributed by atoms with Gasteiger partial charge in [0.15, 0.2) is 5.13 Å². The molecule has 0 radical (unpaired) electrons. The lowest BCUT2D eigenvalue weighted by molar-refractivity contribution is 0.262. The topological polar surface area (TPSA) is 71.8 Å². The number of nitrogens with one attached hydrogen (secondary N) is 2. The summed E-state index contributed by atoms with van der Waals surface area (Å²) in [7, 11) is 1.78. The summed E-state index contributed by atoms with van der Waals surface area (Å²) in [5.41, 5.74) is 0.645. The molecule has 0 spiro atoms. The summed E-state index contributed by atoms with van der Waals surface area (Å²) in [5, 5.41) is 11.5. The largest absolute Gasteiger partial charge is 0.325 e. The van der Waals surface area contributed by atoms with Gasteiger partial charge in [-0.25, -0.2) is 9.78 Å². The van der Waals surface area contributed by atoms with Crippen LogP contribution >= 0.6 is 11.3 Å². The molecule has 0 bridgehead atoms. The molecule has 0 saturated heterocycles. The molecule has 2 amide bonds. The van der Waals surface area contributed by atoms with Crippen LogP contribution < -0.4 is 10.6 Å². The number of hydrogen-bond acceptors (Lipinski definition) is 4. The third-order valence-electron chi connectivity index (χ3n) is 1.62. The first-order valence-electron chi connectivity index (χ1n) is 4.20. The van der Waals surface area contributed by atoms with E-state index >= 15 is 0 Å². The molecule has 2 aromatic rings. The fraction of sp³-hybridized carbons (Fsp3) is 0.125. The Balaban J connectivity index is 1.93. The zero-order valence-corrected chi connectivity index (χ0v) is 8.78. The lowest BCUT2D eigenvalue weighted by Crippen LogP contribution is -2.18. The maximum atomic E-state index is 11.4. The lowest BCUT2D eigenvalue weighted by atomic mass is 10.6. The molecule has 0 aliphatic carbocycles. The minimum absolute atomic E-state index is 0.321. The lowest BCUT2D eigenvalue weighted by Gasteiger charge is -2.01. The van der Waals surface area contributed by atoms with E-state index in [1.807, 2.05) is 0 Å². The van der Waals surface area contributed by atoms with Gasteiger partial charge in [-0.05, 0) is 0 Å². The van der Waals surface area contributed by atoms with E-state index in [0.717, 1.165) is 0 Å². The fourth-order valence-electron chi connectivity index (χ4n) is 1.03. The Morgan fingerprint density at radius 2 is 2.40 bits per heavy atom. The van der Waals surface area contributed by atoms with Crippen molar-refractivity contribution in [2.75, 3.05) is 10.6 Å². The predicted octanol–water partition coefficient (Wildman–Crippen LogP) is 1.52. The number of aromatic nitrogens is 3. The van der Waals surface area contributed by atoms with E-state index < -0.39 is 0 Å². The van der Waals surface area contributed by atoms with Crippen molar-refractivity contribution in [1.29, 1.82) is 0 Å². The van der Waals surface area contributed by atoms with Crippen molar-refractivity contribution in [3.63, 3.8) is 0 Å². The van der Waals surface area contributed by atoms with Crippen molar-refractivity contribution in [2.45, 2.75) is 0 Å². The zero-order chi connectivity index (χ0) is 10.7. The normalized spacial score (nSPS) is 9.93. The SMILES string of the molecule is Cn1cc(NC(=O)Nc2nccs2)cn1. The van der Waals surface area contributed by atoms with Crippen LogP contribution in [0.3, 0.4) is 0 Å².